The zero-order valence-corrected chi connectivity index (χ0v) is 16.1. The third-order valence-electron chi connectivity index (χ3n) is 3.59. The molecular weight excluding hydrogens is 378 g/mol. The van der Waals surface area contributed by atoms with Crippen LogP contribution in [0.4, 0.5) is 0 Å². The first-order chi connectivity index (χ1) is 14.0. The Morgan fingerprint density at radius 3 is 2.10 bits per heavy atom. The lowest BCUT2D eigenvalue weighted by molar-refractivity contribution is -0.159. The number of carboxylic acids is 2. The number of carbonyl (C=O) groups is 2. The Kier molecular flexibility index (Phi) is 12.5. The highest BCUT2D eigenvalue weighted by Crippen LogP contribution is 2.21. The van der Waals surface area contributed by atoms with Gasteiger partial charge in [-0.1, -0.05) is 48.5 Å². The van der Waals surface area contributed by atoms with Crippen LogP contribution in [0.5, 0.6) is 5.75 Å². The van der Waals surface area contributed by atoms with Crippen LogP contribution in [0.25, 0.3) is 0 Å². The molecule has 158 valence electrons. The van der Waals surface area contributed by atoms with Gasteiger partial charge in [0.05, 0.1) is 19.8 Å². The minimum atomic E-state index is -1.82. The fourth-order valence-electron chi connectivity index (χ4n) is 2.28. The number of ether oxygens (including phenoxy) is 2. The van der Waals surface area contributed by atoms with E-state index in [1.165, 1.54) is 11.1 Å². The monoisotopic (exact) mass is 405 g/mol. The lowest BCUT2D eigenvalue weighted by Gasteiger charge is -2.12. The highest BCUT2D eigenvalue weighted by molar-refractivity contribution is 6.27. The number of benzene rings is 2. The number of aliphatic hydroxyl groups is 1. The first-order valence-electron chi connectivity index (χ1n) is 9.14. The number of hydrogen-bond acceptors (Lipinski definition) is 6. The SMILES string of the molecule is O=C(O)C(=O)O.OCCOCCNCCOc1ccccc1Cc1ccccc1. The van der Waals surface area contributed by atoms with Gasteiger partial charge in [-0.05, 0) is 17.2 Å². The minimum Gasteiger partial charge on any atom is -0.492 e. The molecule has 2 aromatic carbocycles. The Morgan fingerprint density at radius 2 is 1.45 bits per heavy atom. The summed E-state index contributed by atoms with van der Waals surface area (Å²) in [6.07, 6.45) is 0.874. The van der Waals surface area contributed by atoms with Crippen molar-refractivity contribution in [3.05, 3.63) is 65.7 Å². The summed E-state index contributed by atoms with van der Waals surface area (Å²) in [5.74, 6) is -2.71. The number of aliphatic carboxylic acids is 2. The van der Waals surface area contributed by atoms with Gasteiger partial charge in [0.15, 0.2) is 0 Å². The fraction of sp³-hybridized carbons (Fsp3) is 0.333. The molecule has 0 aliphatic carbocycles. The number of hydrogen-bond donors (Lipinski definition) is 4. The summed E-state index contributed by atoms with van der Waals surface area (Å²) in [6, 6.07) is 18.6. The summed E-state index contributed by atoms with van der Waals surface area (Å²) >= 11 is 0. The number of carboxylic acid groups (broad SMARTS) is 2. The van der Waals surface area contributed by atoms with E-state index in [4.69, 9.17) is 34.4 Å². The maximum atomic E-state index is 9.10. The van der Waals surface area contributed by atoms with Crippen molar-refractivity contribution in [3.63, 3.8) is 0 Å². The summed E-state index contributed by atoms with van der Waals surface area (Å²) in [4.78, 5) is 18.2. The van der Waals surface area contributed by atoms with E-state index in [1.807, 2.05) is 24.3 Å². The molecule has 0 atom stereocenters. The predicted octanol–water partition coefficient (Wildman–Crippen LogP) is 1.41. The minimum absolute atomic E-state index is 0.0707. The molecule has 0 spiro atoms. The van der Waals surface area contributed by atoms with Crippen molar-refractivity contribution in [1.29, 1.82) is 0 Å². The second-order valence-corrected chi connectivity index (χ2v) is 5.81. The normalized spacial score (nSPS) is 9.97. The molecule has 0 fully saturated rings. The van der Waals surface area contributed by atoms with E-state index in [1.54, 1.807) is 0 Å². The third-order valence-corrected chi connectivity index (χ3v) is 3.59. The molecule has 0 aliphatic heterocycles. The van der Waals surface area contributed by atoms with Crippen LogP contribution in [0.3, 0.4) is 0 Å². The quantitative estimate of drug-likeness (QED) is 0.327. The standard InChI is InChI=1S/C19H25NO3.C2H2O4/c21-12-15-22-13-10-20-11-14-23-19-9-5-4-8-18(19)16-17-6-2-1-3-7-17;3-1(4)2(5)6/h1-9,20-21H,10-16H2;(H,3,4)(H,5,6). The zero-order chi connectivity index (χ0) is 21.3. The molecular formula is C21H27NO7. The lowest BCUT2D eigenvalue weighted by atomic mass is 10.0. The number of nitrogens with one attached hydrogen (secondary N) is 1. The van der Waals surface area contributed by atoms with Crippen LogP contribution < -0.4 is 10.1 Å². The van der Waals surface area contributed by atoms with Crippen LogP contribution in [-0.4, -0.2) is 66.8 Å². The van der Waals surface area contributed by atoms with Gasteiger partial charge in [-0.15, -0.1) is 0 Å². The molecule has 8 nitrogen and oxygen atoms in total. The molecule has 29 heavy (non-hydrogen) atoms. The molecule has 0 unspecified atom stereocenters. The highest BCUT2D eigenvalue weighted by atomic mass is 16.5. The van der Waals surface area contributed by atoms with Crippen LogP contribution in [0.15, 0.2) is 54.6 Å². The van der Waals surface area contributed by atoms with Crippen molar-refractivity contribution in [2.24, 2.45) is 0 Å². The van der Waals surface area contributed by atoms with Gasteiger partial charge in [-0.2, -0.15) is 0 Å². The van der Waals surface area contributed by atoms with Gasteiger partial charge in [-0.3, -0.25) is 0 Å². The van der Waals surface area contributed by atoms with Crippen molar-refractivity contribution in [3.8, 4) is 5.75 Å². The summed E-state index contributed by atoms with van der Waals surface area (Å²) in [6.45, 7) is 3.21. The van der Waals surface area contributed by atoms with Gasteiger partial charge < -0.3 is 30.1 Å². The van der Waals surface area contributed by atoms with E-state index in [-0.39, 0.29) is 6.61 Å². The third kappa shape index (κ3) is 11.5. The van der Waals surface area contributed by atoms with Gasteiger partial charge in [0.1, 0.15) is 12.4 Å². The molecule has 0 bridgehead atoms. The van der Waals surface area contributed by atoms with Gasteiger partial charge in [-0.25, -0.2) is 9.59 Å². The molecule has 4 N–H and O–H groups in total. The van der Waals surface area contributed by atoms with Crippen LogP contribution >= 0.6 is 0 Å². The number of rotatable bonds is 11. The maximum Gasteiger partial charge on any atom is 0.414 e. The highest BCUT2D eigenvalue weighted by Gasteiger charge is 2.04. The Bertz CT molecular complexity index is 710. The molecule has 0 aliphatic rings. The smallest absolute Gasteiger partial charge is 0.414 e. The summed E-state index contributed by atoms with van der Waals surface area (Å²) in [5, 5.41) is 26.6. The molecule has 0 amide bonds. The fourth-order valence-corrected chi connectivity index (χ4v) is 2.28. The van der Waals surface area contributed by atoms with Crippen LogP contribution in [0.2, 0.25) is 0 Å². The summed E-state index contributed by atoms with van der Waals surface area (Å²) < 4.78 is 11.1. The Hall–Kier alpha value is -2.94. The van der Waals surface area contributed by atoms with E-state index >= 15 is 0 Å². The van der Waals surface area contributed by atoms with Crippen LogP contribution in [-0.2, 0) is 20.7 Å². The maximum absolute atomic E-state index is 9.10. The molecule has 8 heteroatoms. The molecule has 2 aromatic rings. The average molecular weight is 405 g/mol. The Balaban J connectivity index is 0.000000612. The largest absolute Gasteiger partial charge is 0.492 e. The zero-order valence-electron chi connectivity index (χ0n) is 16.1. The Labute approximate surface area is 169 Å². The first-order valence-corrected chi connectivity index (χ1v) is 9.14. The second kappa shape index (κ2) is 15.0. The molecule has 0 aromatic heterocycles. The van der Waals surface area contributed by atoms with E-state index < -0.39 is 11.9 Å². The molecule has 0 saturated carbocycles. The summed E-state index contributed by atoms with van der Waals surface area (Å²) in [7, 11) is 0. The molecule has 0 radical (unpaired) electrons. The average Bonchev–Trinajstić information content (AvgIpc) is 2.72. The van der Waals surface area contributed by atoms with E-state index in [9.17, 15) is 0 Å². The van der Waals surface area contributed by atoms with E-state index in [2.05, 4.69) is 35.6 Å². The van der Waals surface area contributed by atoms with Crippen molar-refractivity contribution >= 4 is 11.9 Å². The Morgan fingerprint density at radius 1 is 0.828 bits per heavy atom. The van der Waals surface area contributed by atoms with Gasteiger partial charge in [0.25, 0.3) is 0 Å². The van der Waals surface area contributed by atoms with Crippen molar-refractivity contribution < 1.29 is 34.4 Å². The number of para-hydroxylation sites is 1. The van der Waals surface area contributed by atoms with E-state index in [0.29, 0.717) is 19.8 Å². The molecule has 0 saturated heterocycles. The van der Waals surface area contributed by atoms with Gasteiger partial charge in [0.2, 0.25) is 0 Å². The van der Waals surface area contributed by atoms with Crippen LogP contribution in [0, 0.1) is 0 Å². The number of aliphatic hydroxyl groups excluding tert-OH is 1. The van der Waals surface area contributed by atoms with Gasteiger partial charge in [0, 0.05) is 19.5 Å². The predicted molar refractivity (Wildman–Crippen MR) is 107 cm³/mol. The summed E-state index contributed by atoms with van der Waals surface area (Å²) in [5.41, 5.74) is 2.48. The second-order valence-electron chi connectivity index (χ2n) is 5.81. The first kappa shape index (κ1) is 24.1. The topological polar surface area (TPSA) is 125 Å². The van der Waals surface area contributed by atoms with E-state index in [0.717, 1.165) is 25.3 Å². The lowest BCUT2D eigenvalue weighted by Crippen LogP contribution is -2.25. The van der Waals surface area contributed by atoms with Gasteiger partial charge >= 0.3 is 11.9 Å². The van der Waals surface area contributed by atoms with Crippen LogP contribution in [0.1, 0.15) is 11.1 Å². The molecule has 0 heterocycles. The van der Waals surface area contributed by atoms with Crippen molar-refractivity contribution in [2.75, 3.05) is 39.5 Å². The van der Waals surface area contributed by atoms with Crippen molar-refractivity contribution in [1.82, 2.24) is 5.32 Å². The molecule has 2 rings (SSSR count). The van der Waals surface area contributed by atoms with Crippen molar-refractivity contribution in [2.45, 2.75) is 6.42 Å².